The highest BCUT2D eigenvalue weighted by Crippen LogP contribution is 2.35. The Hall–Kier alpha value is -4.20. The second-order valence-electron chi connectivity index (χ2n) is 9.49. The number of amidine groups is 1. The third-order valence-corrected chi connectivity index (χ3v) is 8.67. The largest absolute Gasteiger partial charge is 0.386 e. The number of nitrogens with zero attached hydrogens (tertiary/aromatic N) is 3. The van der Waals surface area contributed by atoms with E-state index < -0.39 is 22.2 Å². The Balaban J connectivity index is 1.43. The van der Waals surface area contributed by atoms with Crippen molar-refractivity contribution in [2.75, 3.05) is 11.4 Å². The van der Waals surface area contributed by atoms with Gasteiger partial charge >= 0.3 is 0 Å². The fourth-order valence-electron chi connectivity index (χ4n) is 5.01. The van der Waals surface area contributed by atoms with Crippen LogP contribution in [0.1, 0.15) is 22.8 Å². The van der Waals surface area contributed by atoms with Gasteiger partial charge < -0.3 is 10.0 Å². The topological polar surface area (TPSA) is 74.9 Å². The summed E-state index contributed by atoms with van der Waals surface area (Å²) in [5.41, 5.74) is 3.97. The second-order valence-corrected chi connectivity index (χ2v) is 11.3. The molecule has 5 aromatic rings. The Morgan fingerprint density at radius 2 is 1.47 bits per heavy atom. The average molecular weight is 522 g/mol. The molecule has 6 nitrogen and oxygen atoms in total. The minimum atomic E-state index is -3.87. The SMILES string of the molecule is Cc1ccc(S(=O)(=O)n2cc([C@H](O)[C@H]3CN(c4ccccc4)C(c4ccccc4)=N3)c3ccccc32)cc1. The average Bonchev–Trinajstić information content (AvgIpc) is 3.57. The van der Waals surface area contributed by atoms with E-state index in [1.807, 2.05) is 79.7 Å². The van der Waals surface area contributed by atoms with Crippen LogP contribution >= 0.6 is 0 Å². The summed E-state index contributed by atoms with van der Waals surface area (Å²) in [6, 6.07) is 33.4. The highest BCUT2D eigenvalue weighted by Gasteiger charge is 2.34. The van der Waals surface area contributed by atoms with Crippen LogP contribution in [0.15, 0.2) is 125 Å². The summed E-state index contributed by atoms with van der Waals surface area (Å²) in [5, 5.41) is 12.4. The van der Waals surface area contributed by atoms with E-state index in [-0.39, 0.29) is 4.90 Å². The lowest BCUT2D eigenvalue weighted by Gasteiger charge is -2.22. The Kier molecular flexibility index (Phi) is 6.10. The van der Waals surface area contributed by atoms with E-state index in [0.717, 1.165) is 22.6 Å². The Labute approximate surface area is 222 Å². The predicted octanol–water partition coefficient (Wildman–Crippen LogP) is 5.56. The molecule has 2 atom stereocenters. The molecule has 1 aromatic heterocycles. The summed E-state index contributed by atoms with van der Waals surface area (Å²) in [7, 11) is -3.87. The number of fused-ring (bicyclic) bond motifs is 1. The number of aliphatic imine (C=N–C) groups is 1. The smallest absolute Gasteiger partial charge is 0.268 e. The first-order chi connectivity index (χ1) is 18.4. The van der Waals surface area contributed by atoms with Crippen LogP contribution in [0.2, 0.25) is 0 Å². The van der Waals surface area contributed by atoms with Gasteiger partial charge in [-0.1, -0.05) is 84.4 Å². The van der Waals surface area contributed by atoms with Crippen molar-refractivity contribution in [2.45, 2.75) is 24.0 Å². The van der Waals surface area contributed by atoms with Crippen LogP contribution in [0.5, 0.6) is 0 Å². The van der Waals surface area contributed by atoms with Gasteiger partial charge in [-0.2, -0.15) is 0 Å². The quantitative estimate of drug-likeness (QED) is 0.318. The molecule has 1 aliphatic rings. The standard InChI is InChI=1S/C31H27N3O3S/c1-22-16-18-25(19-17-22)38(36,37)34-20-27(26-14-8-9-15-29(26)34)30(35)28-21-33(24-12-6-3-7-13-24)31(32-28)23-10-4-2-5-11-23/h2-20,28,30,35H,21H2,1H3/t28-,30+/m1/s1. The van der Waals surface area contributed by atoms with Gasteiger partial charge in [0.1, 0.15) is 18.0 Å². The number of anilines is 1. The first-order valence-electron chi connectivity index (χ1n) is 12.5. The Morgan fingerprint density at radius 3 is 2.18 bits per heavy atom. The van der Waals surface area contributed by atoms with E-state index in [4.69, 9.17) is 4.99 Å². The lowest BCUT2D eigenvalue weighted by molar-refractivity contribution is 0.154. The molecule has 0 bridgehead atoms. The van der Waals surface area contributed by atoms with Gasteiger partial charge in [-0.05, 0) is 37.3 Å². The fraction of sp³-hybridized carbons (Fsp3) is 0.129. The van der Waals surface area contributed by atoms with Crippen LogP contribution in [0.4, 0.5) is 5.69 Å². The van der Waals surface area contributed by atoms with E-state index >= 15 is 0 Å². The van der Waals surface area contributed by atoms with E-state index in [9.17, 15) is 13.5 Å². The highest BCUT2D eigenvalue weighted by atomic mass is 32.2. The number of rotatable bonds is 6. The molecule has 0 saturated carbocycles. The zero-order valence-corrected chi connectivity index (χ0v) is 21.7. The van der Waals surface area contributed by atoms with E-state index in [2.05, 4.69) is 4.90 Å². The summed E-state index contributed by atoms with van der Waals surface area (Å²) in [5.74, 6) is 0.775. The van der Waals surface area contributed by atoms with Gasteiger partial charge in [0.15, 0.2) is 0 Å². The van der Waals surface area contributed by atoms with Gasteiger partial charge in [-0.3, -0.25) is 4.99 Å². The van der Waals surface area contributed by atoms with E-state index in [1.165, 1.54) is 3.97 Å². The summed E-state index contributed by atoms with van der Waals surface area (Å²) in [6.07, 6.45) is 0.537. The van der Waals surface area contributed by atoms with Crippen molar-refractivity contribution in [3.63, 3.8) is 0 Å². The first kappa shape index (κ1) is 24.2. The van der Waals surface area contributed by atoms with Crippen molar-refractivity contribution in [1.82, 2.24) is 3.97 Å². The number of aliphatic hydroxyl groups excluding tert-OH is 1. The molecule has 1 N–H and O–H groups in total. The zero-order chi connectivity index (χ0) is 26.3. The van der Waals surface area contributed by atoms with Crippen LogP contribution in [-0.4, -0.2) is 35.9 Å². The zero-order valence-electron chi connectivity index (χ0n) is 20.8. The lowest BCUT2D eigenvalue weighted by atomic mass is 10.0. The lowest BCUT2D eigenvalue weighted by Crippen LogP contribution is -2.31. The molecular formula is C31H27N3O3S. The van der Waals surface area contributed by atoms with Crippen molar-refractivity contribution < 1.29 is 13.5 Å². The van der Waals surface area contributed by atoms with Crippen molar-refractivity contribution in [1.29, 1.82) is 0 Å². The molecule has 0 amide bonds. The van der Waals surface area contributed by atoms with Crippen molar-refractivity contribution in [3.05, 3.63) is 132 Å². The summed E-state index contributed by atoms with van der Waals surface area (Å²) in [4.78, 5) is 7.27. The number of aromatic nitrogens is 1. The van der Waals surface area contributed by atoms with Gasteiger partial charge in [-0.15, -0.1) is 0 Å². The monoisotopic (exact) mass is 521 g/mol. The molecule has 0 fully saturated rings. The molecule has 4 aromatic carbocycles. The summed E-state index contributed by atoms with van der Waals surface area (Å²) >= 11 is 0. The Morgan fingerprint density at radius 1 is 0.842 bits per heavy atom. The van der Waals surface area contributed by atoms with E-state index in [1.54, 1.807) is 42.6 Å². The van der Waals surface area contributed by atoms with Gasteiger partial charge in [0.25, 0.3) is 10.0 Å². The van der Waals surface area contributed by atoms with Crippen LogP contribution in [-0.2, 0) is 10.0 Å². The van der Waals surface area contributed by atoms with Gasteiger partial charge in [-0.25, -0.2) is 12.4 Å². The number of hydrogen-bond donors (Lipinski definition) is 1. The van der Waals surface area contributed by atoms with Crippen molar-refractivity contribution in [2.24, 2.45) is 4.99 Å². The van der Waals surface area contributed by atoms with Crippen LogP contribution in [0, 0.1) is 6.92 Å². The number of aryl methyl sites for hydroxylation is 1. The molecule has 7 heteroatoms. The predicted molar refractivity (Wildman–Crippen MR) is 151 cm³/mol. The second kappa shape index (κ2) is 9.59. The molecule has 0 saturated heterocycles. The fourth-order valence-corrected chi connectivity index (χ4v) is 6.38. The van der Waals surface area contributed by atoms with Crippen molar-refractivity contribution >= 4 is 32.4 Å². The Bertz CT molecular complexity index is 1730. The first-order valence-corrected chi connectivity index (χ1v) is 13.9. The molecule has 0 aliphatic carbocycles. The number of aliphatic hydroxyl groups is 1. The summed E-state index contributed by atoms with van der Waals surface area (Å²) in [6.45, 7) is 2.38. The maximum absolute atomic E-state index is 13.6. The maximum atomic E-state index is 13.6. The third-order valence-electron chi connectivity index (χ3n) is 6.98. The van der Waals surface area contributed by atoms with Gasteiger partial charge in [0.2, 0.25) is 0 Å². The number of hydrogen-bond acceptors (Lipinski definition) is 5. The van der Waals surface area contributed by atoms with E-state index in [0.29, 0.717) is 23.0 Å². The molecule has 6 rings (SSSR count). The van der Waals surface area contributed by atoms with Crippen molar-refractivity contribution in [3.8, 4) is 0 Å². The molecule has 190 valence electrons. The summed E-state index contributed by atoms with van der Waals surface area (Å²) < 4.78 is 28.5. The van der Waals surface area contributed by atoms with Gasteiger partial charge in [0, 0.05) is 34.9 Å². The molecule has 0 unspecified atom stereocenters. The molecule has 0 spiro atoms. The molecule has 2 heterocycles. The number of benzene rings is 4. The minimum Gasteiger partial charge on any atom is -0.386 e. The van der Waals surface area contributed by atoms with Gasteiger partial charge in [0.05, 0.1) is 10.4 Å². The molecule has 1 aliphatic heterocycles. The van der Waals surface area contributed by atoms with Crippen LogP contribution < -0.4 is 4.90 Å². The minimum absolute atomic E-state index is 0.199. The number of para-hydroxylation sites is 2. The normalized spacial score (nSPS) is 16.5. The maximum Gasteiger partial charge on any atom is 0.268 e. The van der Waals surface area contributed by atoms with Crippen LogP contribution in [0.25, 0.3) is 10.9 Å². The molecule has 38 heavy (non-hydrogen) atoms. The third kappa shape index (κ3) is 4.20. The van der Waals surface area contributed by atoms with Crippen LogP contribution in [0.3, 0.4) is 0 Å². The molecular weight excluding hydrogens is 494 g/mol. The molecule has 0 radical (unpaired) electrons. The highest BCUT2D eigenvalue weighted by molar-refractivity contribution is 7.90.